The normalized spacial score (nSPS) is 10.6. The maximum atomic E-state index is 14.0. The number of pyridine rings is 1. The van der Waals surface area contributed by atoms with Gasteiger partial charge in [0.05, 0.1) is 39.7 Å². The van der Waals surface area contributed by atoms with Gasteiger partial charge in [-0.3, -0.25) is 10.1 Å². The standard InChI is InChI=1S/C21H16FN3O4.C7H5FN2O4/c1-2-29-20-12(4-3-7-23-20)11-5-6-18(26)14(8-11)19-24-16-9-13(21(27)28)15(22)10-17(16)25-19;8-4-2-5(9)6(10(13)14)1-3(4)7(11)12/h3-10,26H,2H2,1H3,(H,24,25)(H,27,28);1-2H,9H2,(H,11,12)/p-1. The molecule has 0 fully saturated rings. The number of hydrogen-bond donors (Lipinski definition) is 4. The van der Waals surface area contributed by atoms with Crippen LogP contribution in [0.2, 0.25) is 0 Å². The largest absolute Gasteiger partial charge is 0.545 e. The fraction of sp³-hybridized carbons (Fsp3) is 0.0714. The van der Waals surface area contributed by atoms with Crippen molar-refractivity contribution in [3.8, 4) is 34.1 Å². The van der Waals surface area contributed by atoms with Crippen molar-refractivity contribution in [3.05, 3.63) is 93.7 Å². The average molecular weight is 592 g/mol. The molecule has 0 aliphatic rings. The first-order chi connectivity index (χ1) is 20.4. The van der Waals surface area contributed by atoms with Crippen LogP contribution in [0.3, 0.4) is 0 Å². The number of nitrogens with one attached hydrogen (secondary N) is 1. The lowest BCUT2D eigenvalue weighted by molar-refractivity contribution is -0.384. The molecule has 2 heterocycles. The summed E-state index contributed by atoms with van der Waals surface area (Å²) in [4.78, 5) is 42.3. The summed E-state index contributed by atoms with van der Waals surface area (Å²) >= 11 is 0. The van der Waals surface area contributed by atoms with Crippen LogP contribution >= 0.6 is 0 Å². The van der Waals surface area contributed by atoms with E-state index in [4.69, 9.17) is 15.6 Å². The van der Waals surface area contributed by atoms with Crippen molar-refractivity contribution >= 4 is 34.3 Å². The molecule has 2 aromatic heterocycles. The van der Waals surface area contributed by atoms with E-state index < -0.39 is 51.0 Å². The van der Waals surface area contributed by atoms with Gasteiger partial charge in [0, 0.05) is 35.5 Å². The van der Waals surface area contributed by atoms with E-state index in [-0.39, 0.29) is 17.1 Å². The van der Waals surface area contributed by atoms with Gasteiger partial charge in [0.15, 0.2) is 0 Å². The van der Waals surface area contributed by atoms with Gasteiger partial charge in [-0.15, -0.1) is 0 Å². The van der Waals surface area contributed by atoms with E-state index in [0.29, 0.717) is 35.7 Å². The fourth-order valence-corrected chi connectivity index (χ4v) is 3.97. The summed E-state index contributed by atoms with van der Waals surface area (Å²) in [6.45, 7) is 2.32. The lowest BCUT2D eigenvalue weighted by atomic mass is 10.0. The van der Waals surface area contributed by atoms with E-state index >= 15 is 0 Å². The third kappa shape index (κ3) is 6.30. The molecular formula is C28H20F2N5O8-. The number of imidazole rings is 1. The Morgan fingerprint density at radius 2 is 1.79 bits per heavy atom. The van der Waals surface area contributed by atoms with Crippen molar-refractivity contribution < 1.29 is 43.3 Å². The van der Waals surface area contributed by atoms with Gasteiger partial charge in [-0.2, -0.15) is 0 Å². The number of anilines is 1. The van der Waals surface area contributed by atoms with Gasteiger partial charge in [-0.1, -0.05) is 6.07 Å². The summed E-state index contributed by atoms with van der Waals surface area (Å²) in [7, 11) is 0. The third-order valence-electron chi connectivity index (χ3n) is 5.95. The third-order valence-corrected chi connectivity index (χ3v) is 5.95. The van der Waals surface area contributed by atoms with Crippen LogP contribution in [-0.2, 0) is 0 Å². The predicted octanol–water partition coefficient (Wildman–Crippen LogP) is 3.91. The quantitative estimate of drug-likeness (QED) is 0.121. The highest BCUT2D eigenvalue weighted by molar-refractivity contribution is 5.93. The van der Waals surface area contributed by atoms with Gasteiger partial charge in [-0.05, 0) is 42.8 Å². The summed E-state index contributed by atoms with van der Waals surface area (Å²) in [5.41, 5.74) is 5.11. The second kappa shape index (κ2) is 12.2. The number of H-pyrrole nitrogens is 1. The number of aromatic nitrogens is 3. The average Bonchev–Trinajstić information content (AvgIpc) is 3.36. The van der Waals surface area contributed by atoms with Crippen LogP contribution in [0, 0.1) is 21.7 Å². The first-order valence-corrected chi connectivity index (χ1v) is 12.2. The SMILES string of the molecule is CCOc1ncccc1-c1ccc(O)c(-c2nc3cc(C(=O)O)c(F)cc3[nH]2)c1.Nc1cc(F)c(C(=O)[O-])cc1[N+](=O)[O-]. The molecule has 0 aliphatic carbocycles. The minimum atomic E-state index is -1.83. The molecule has 13 nitrogen and oxygen atoms in total. The highest BCUT2D eigenvalue weighted by atomic mass is 19.1. The van der Waals surface area contributed by atoms with Crippen molar-refractivity contribution in [1.82, 2.24) is 15.0 Å². The van der Waals surface area contributed by atoms with Crippen LogP contribution in [0.25, 0.3) is 33.5 Å². The van der Waals surface area contributed by atoms with E-state index in [9.17, 15) is 38.7 Å². The van der Waals surface area contributed by atoms with Gasteiger partial charge in [0.2, 0.25) is 5.88 Å². The Bertz CT molecular complexity index is 1860. The van der Waals surface area contributed by atoms with E-state index in [0.717, 1.165) is 23.3 Å². The Balaban J connectivity index is 0.000000255. The van der Waals surface area contributed by atoms with Crippen molar-refractivity contribution in [1.29, 1.82) is 0 Å². The first-order valence-electron chi connectivity index (χ1n) is 12.2. The molecule has 5 N–H and O–H groups in total. The number of nitrogens with zero attached hydrogens (tertiary/aromatic N) is 3. The second-order valence-corrected chi connectivity index (χ2v) is 8.70. The number of halogens is 2. The Hall–Kier alpha value is -6.12. The van der Waals surface area contributed by atoms with Gasteiger partial charge in [0.25, 0.3) is 5.69 Å². The van der Waals surface area contributed by atoms with E-state index in [1.54, 1.807) is 24.4 Å². The lowest BCUT2D eigenvalue weighted by Gasteiger charge is -2.10. The zero-order valence-electron chi connectivity index (χ0n) is 22.0. The number of carboxylic acid groups (broad SMARTS) is 2. The van der Waals surface area contributed by atoms with Gasteiger partial charge >= 0.3 is 5.97 Å². The van der Waals surface area contributed by atoms with E-state index in [1.807, 2.05) is 13.0 Å². The van der Waals surface area contributed by atoms with E-state index in [1.165, 1.54) is 6.07 Å². The highest BCUT2D eigenvalue weighted by Gasteiger charge is 2.18. The molecule has 220 valence electrons. The number of aromatic amines is 1. The summed E-state index contributed by atoms with van der Waals surface area (Å²) in [5, 5.41) is 40.0. The monoisotopic (exact) mass is 592 g/mol. The Labute approximate surface area is 240 Å². The molecule has 5 rings (SSSR count). The number of carbonyl (C=O) groups excluding carboxylic acids is 1. The van der Waals surface area contributed by atoms with E-state index in [2.05, 4.69) is 15.0 Å². The number of rotatable bonds is 7. The van der Waals surface area contributed by atoms with Gasteiger partial charge < -0.3 is 35.6 Å². The number of aromatic carboxylic acids is 2. The van der Waals surface area contributed by atoms with Crippen LogP contribution in [0.4, 0.5) is 20.2 Å². The number of benzene rings is 3. The maximum Gasteiger partial charge on any atom is 0.338 e. The number of ether oxygens (including phenoxy) is 1. The minimum Gasteiger partial charge on any atom is -0.545 e. The summed E-state index contributed by atoms with van der Waals surface area (Å²) in [6, 6.07) is 11.9. The molecule has 0 amide bonds. The lowest BCUT2D eigenvalue weighted by Crippen LogP contribution is -2.23. The predicted molar refractivity (Wildman–Crippen MR) is 146 cm³/mol. The van der Waals surface area contributed by atoms with Crippen LogP contribution in [0.15, 0.2) is 60.8 Å². The molecule has 5 aromatic rings. The Morgan fingerprint density at radius 3 is 2.44 bits per heavy atom. The van der Waals surface area contributed by atoms with Crippen LogP contribution in [0.1, 0.15) is 27.6 Å². The highest BCUT2D eigenvalue weighted by Crippen LogP contribution is 2.36. The van der Waals surface area contributed by atoms with Crippen LogP contribution < -0.4 is 15.6 Å². The van der Waals surface area contributed by atoms with Crippen molar-refractivity contribution in [2.75, 3.05) is 12.3 Å². The molecule has 43 heavy (non-hydrogen) atoms. The second-order valence-electron chi connectivity index (χ2n) is 8.70. The number of nitrogen functional groups attached to an aromatic ring is 1. The zero-order chi connectivity index (χ0) is 31.4. The number of nitro benzene ring substituents is 1. The number of phenols is 1. The van der Waals surface area contributed by atoms with Gasteiger partial charge in [0.1, 0.15) is 28.9 Å². The smallest absolute Gasteiger partial charge is 0.338 e. The topological polar surface area (TPSA) is 218 Å². The Morgan fingerprint density at radius 1 is 1.07 bits per heavy atom. The molecule has 0 unspecified atom stereocenters. The number of hydrogen-bond acceptors (Lipinski definition) is 10. The molecule has 0 spiro atoms. The number of phenolic OH excluding ortho intramolecular Hbond substituents is 1. The summed E-state index contributed by atoms with van der Waals surface area (Å²) < 4.78 is 32.4. The summed E-state index contributed by atoms with van der Waals surface area (Å²) in [5.74, 6) is -4.52. The Kier molecular flexibility index (Phi) is 8.45. The zero-order valence-corrected chi connectivity index (χ0v) is 22.0. The first kappa shape index (κ1) is 29.9. The molecule has 0 atom stereocenters. The van der Waals surface area contributed by atoms with Crippen LogP contribution in [0.5, 0.6) is 11.6 Å². The molecule has 0 saturated carbocycles. The molecule has 15 heteroatoms. The minimum absolute atomic E-state index is 0.0337. The number of nitro groups is 1. The van der Waals surface area contributed by atoms with Crippen molar-refractivity contribution in [3.63, 3.8) is 0 Å². The molecular weight excluding hydrogens is 572 g/mol. The summed E-state index contributed by atoms with van der Waals surface area (Å²) in [6.07, 6.45) is 1.63. The van der Waals surface area contributed by atoms with Gasteiger partial charge in [-0.25, -0.2) is 23.5 Å². The number of carboxylic acids is 2. The number of carbonyl (C=O) groups is 2. The number of nitrogens with two attached hydrogens (primary N) is 1. The molecule has 3 aromatic carbocycles. The number of fused-ring (bicyclic) bond motifs is 1. The fourth-order valence-electron chi connectivity index (χ4n) is 3.97. The molecule has 0 saturated heterocycles. The van der Waals surface area contributed by atoms with Crippen molar-refractivity contribution in [2.45, 2.75) is 6.92 Å². The molecule has 0 aliphatic heterocycles. The van der Waals surface area contributed by atoms with Crippen molar-refractivity contribution in [2.24, 2.45) is 0 Å². The number of aromatic hydroxyl groups is 1. The maximum absolute atomic E-state index is 14.0. The molecule has 0 bridgehead atoms. The van der Waals surface area contributed by atoms with Crippen LogP contribution in [-0.4, -0.2) is 48.6 Å². The molecule has 0 radical (unpaired) electrons.